The number of rotatable bonds is 4. The van der Waals surface area contributed by atoms with Gasteiger partial charge in [0.05, 0.1) is 17.5 Å². The van der Waals surface area contributed by atoms with Crippen molar-refractivity contribution in [1.82, 2.24) is 14.6 Å². The quantitative estimate of drug-likeness (QED) is 0.359. The molecule has 1 saturated carbocycles. The van der Waals surface area contributed by atoms with Crippen LogP contribution in [0.1, 0.15) is 59.6 Å². The number of benzene rings is 2. The largest absolute Gasteiger partial charge is 0.477 e. The number of carboxylic acids is 1. The predicted molar refractivity (Wildman–Crippen MR) is 122 cm³/mol. The van der Waals surface area contributed by atoms with E-state index in [0.717, 1.165) is 54.6 Å². The fourth-order valence-electron chi connectivity index (χ4n) is 4.81. The number of halogens is 3. The summed E-state index contributed by atoms with van der Waals surface area (Å²) in [6.07, 6.45) is 3.94. The van der Waals surface area contributed by atoms with Gasteiger partial charge in [-0.3, -0.25) is 0 Å². The van der Waals surface area contributed by atoms with Crippen LogP contribution in [0.15, 0.2) is 60.9 Å². The third kappa shape index (κ3) is 4.04. The Morgan fingerprint density at radius 2 is 1.65 bits per heavy atom. The van der Waals surface area contributed by atoms with E-state index < -0.39 is 17.7 Å². The Balaban J connectivity index is 1.58. The number of alkyl halides is 3. The molecule has 174 valence electrons. The summed E-state index contributed by atoms with van der Waals surface area (Å²) in [6.45, 7) is 0. The van der Waals surface area contributed by atoms with Crippen LogP contribution in [0, 0.1) is 0 Å². The lowest BCUT2D eigenvalue weighted by molar-refractivity contribution is -0.137. The van der Waals surface area contributed by atoms with Crippen molar-refractivity contribution in [2.45, 2.75) is 44.2 Å². The van der Waals surface area contributed by atoms with E-state index in [1.54, 1.807) is 28.9 Å². The molecule has 4 aromatic rings. The monoisotopic (exact) mass is 465 g/mol. The van der Waals surface area contributed by atoms with Crippen molar-refractivity contribution < 1.29 is 23.1 Å². The SMILES string of the molecule is O=C(O)c1cnn2c(C3CCCCC3)c(-c3ccc(-c4cccc(C(F)(F)F)c4)cc3)cnc12. The summed E-state index contributed by atoms with van der Waals surface area (Å²) >= 11 is 0. The van der Waals surface area contributed by atoms with Crippen molar-refractivity contribution in [3.63, 3.8) is 0 Å². The van der Waals surface area contributed by atoms with Gasteiger partial charge in [-0.1, -0.05) is 55.7 Å². The number of carboxylic acid groups (broad SMARTS) is 1. The molecule has 0 unspecified atom stereocenters. The van der Waals surface area contributed by atoms with E-state index >= 15 is 0 Å². The number of carbonyl (C=O) groups is 1. The maximum atomic E-state index is 13.1. The van der Waals surface area contributed by atoms with Gasteiger partial charge in [-0.05, 0) is 41.7 Å². The van der Waals surface area contributed by atoms with Crippen LogP contribution in [-0.2, 0) is 6.18 Å². The second kappa shape index (κ2) is 8.59. The fraction of sp³-hybridized carbons (Fsp3) is 0.269. The van der Waals surface area contributed by atoms with Gasteiger partial charge in [0.1, 0.15) is 5.56 Å². The minimum absolute atomic E-state index is 0.0588. The summed E-state index contributed by atoms with van der Waals surface area (Å²) in [4.78, 5) is 16.0. The highest BCUT2D eigenvalue weighted by molar-refractivity contribution is 5.94. The lowest BCUT2D eigenvalue weighted by Crippen LogP contribution is -2.13. The minimum atomic E-state index is -4.40. The van der Waals surface area contributed by atoms with Crippen LogP contribution in [0.5, 0.6) is 0 Å². The topological polar surface area (TPSA) is 67.5 Å². The van der Waals surface area contributed by atoms with Crippen molar-refractivity contribution in [3.05, 3.63) is 77.7 Å². The number of fused-ring (bicyclic) bond motifs is 1. The lowest BCUT2D eigenvalue weighted by Gasteiger charge is -2.25. The van der Waals surface area contributed by atoms with E-state index in [0.29, 0.717) is 16.8 Å². The van der Waals surface area contributed by atoms with Crippen molar-refractivity contribution in [3.8, 4) is 22.3 Å². The molecule has 0 saturated heterocycles. The predicted octanol–water partition coefficient (Wildman–Crippen LogP) is 6.83. The molecule has 8 heteroatoms. The number of hydrogen-bond donors (Lipinski definition) is 1. The van der Waals surface area contributed by atoms with Gasteiger partial charge < -0.3 is 5.11 Å². The molecule has 1 aliphatic rings. The van der Waals surface area contributed by atoms with E-state index in [1.165, 1.54) is 18.7 Å². The van der Waals surface area contributed by atoms with Gasteiger partial charge in [-0.2, -0.15) is 18.3 Å². The zero-order valence-electron chi connectivity index (χ0n) is 18.2. The summed E-state index contributed by atoms with van der Waals surface area (Å²) < 4.78 is 41.0. The normalized spacial score (nSPS) is 15.0. The van der Waals surface area contributed by atoms with E-state index in [-0.39, 0.29) is 11.5 Å². The van der Waals surface area contributed by atoms with Gasteiger partial charge in [0, 0.05) is 17.7 Å². The van der Waals surface area contributed by atoms with Crippen LogP contribution < -0.4 is 0 Å². The Labute approximate surface area is 193 Å². The van der Waals surface area contributed by atoms with Gasteiger partial charge in [-0.25, -0.2) is 14.3 Å². The molecule has 1 aliphatic carbocycles. The number of aromatic nitrogens is 3. The molecule has 0 spiro atoms. The van der Waals surface area contributed by atoms with E-state index in [9.17, 15) is 23.1 Å². The molecule has 0 aliphatic heterocycles. The lowest BCUT2D eigenvalue weighted by atomic mass is 9.84. The Hall–Kier alpha value is -3.68. The molecule has 1 N–H and O–H groups in total. The molecule has 2 aromatic carbocycles. The molecule has 0 radical (unpaired) electrons. The zero-order valence-corrected chi connectivity index (χ0v) is 18.2. The minimum Gasteiger partial charge on any atom is -0.477 e. The Morgan fingerprint density at radius 3 is 2.32 bits per heavy atom. The van der Waals surface area contributed by atoms with Crippen molar-refractivity contribution in [1.29, 1.82) is 0 Å². The van der Waals surface area contributed by atoms with Crippen LogP contribution >= 0.6 is 0 Å². The second-order valence-corrected chi connectivity index (χ2v) is 8.65. The van der Waals surface area contributed by atoms with Crippen molar-refractivity contribution >= 4 is 11.6 Å². The average Bonchev–Trinajstić information content (AvgIpc) is 3.28. The van der Waals surface area contributed by atoms with Crippen molar-refractivity contribution in [2.24, 2.45) is 0 Å². The molecule has 5 rings (SSSR count). The second-order valence-electron chi connectivity index (χ2n) is 8.65. The van der Waals surface area contributed by atoms with Gasteiger partial charge in [0.15, 0.2) is 5.65 Å². The van der Waals surface area contributed by atoms with Gasteiger partial charge >= 0.3 is 12.1 Å². The molecule has 1 fully saturated rings. The molecule has 2 aromatic heterocycles. The van der Waals surface area contributed by atoms with E-state index in [2.05, 4.69) is 10.1 Å². The summed E-state index contributed by atoms with van der Waals surface area (Å²) in [5.74, 6) is -0.853. The molecule has 0 bridgehead atoms. The summed E-state index contributed by atoms with van der Waals surface area (Å²) in [5, 5.41) is 13.9. The van der Waals surface area contributed by atoms with Crippen LogP contribution in [0.4, 0.5) is 13.2 Å². The summed E-state index contributed by atoms with van der Waals surface area (Å²) in [6, 6.07) is 12.6. The fourth-order valence-corrected chi connectivity index (χ4v) is 4.81. The van der Waals surface area contributed by atoms with Gasteiger partial charge in [-0.15, -0.1) is 0 Å². The maximum Gasteiger partial charge on any atom is 0.416 e. The molecule has 0 atom stereocenters. The van der Waals surface area contributed by atoms with Gasteiger partial charge in [0.25, 0.3) is 0 Å². The van der Waals surface area contributed by atoms with Crippen LogP contribution in [-0.4, -0.2) is 25.7 Å². The first-order chi connectivity index (χ1) is 16.3. The average molecular weight is 465 g/mol. The number of hydrogen-bond acceptors (Lipinski definition) is 3. The Morgan fingerprint density at radius 1 is 0.941 bits per heavy atom. The number of aromatic carboxylic acids is 1. The zero-order chi connectivity index (χ0) is 23.9. The van der Waals surface area contributed by atoms with Crippen LogP contribution in [0.2, 0.25) is 0 Å². The van der Waals surface area contributed by atoms with Crippen LogP contribution in [0.25, 0.3) is 27.9 Å². The summed E-state index contributed by atoms with van der Waals surface area (Å²) in [7, 11) is 0. The summed E-state index contributed by atoms with van der Waals surface area (Å²) in [5.41, 5.74) is 3.50. The van der Waals surface area contributed by atoms with E-state index in [1.807, 2.05) is 12.1 Å². The number of nitrogens with zero attached hydrogens (tertiary/aromatic N) is 3. The first-order valence-corrected chi connectivity index (χ1v) is 11.2. The smallest absolute Gasteiger partial charge is 0.416 e. The van der Waals surface area contributed by atoms with E-state index in [4.69, 9.17) is 0 Å². The van der Waals surface area contributed by atoms with Crippen LogP contribution in [0.3, 0.4) is 0 Å². The highest BCUT2D eigenvalue weighted by atomic mass is 19.4. The molecular weight excluding hydrogens is 443 g/mol. The standard InChI is InChI=1S/C26H22F3N3O2/c27-26(28,29)20-8-4-7-19(13-20)16-9-11-17(12-10-16)21-14-30-24-22(25(33)34)15-31-32(24)23(21)18-5-2-1-3-6-18/h4,7-15,18H,1-3,5-6H2,(H,33,34). The first-order valence-electron chi connectivity index (χ1n) is 11.2. The molecule has 2 heterocycles. The third-order valence-electron chi connectivity index (χ3n) is 6.51. The Bertz CT molecular complexity index is 1350. The molecular formula is C26H22F3N3O2. The molecule has 0 amide bonds. The van der Waals surface area contributed by atoms with Gasteiger partial charge in [0.2, 0.25) is 0 Å². The first kappa shape index (κ1) is 22.1. The third-order valence-corrected chi connectivity index (χ3v) is 6.51. The van der Waals surface area contributed by atoms with Crippen molar-refractivity contribution in [2.75, 3.05) is 0 Å². The highest BCUT2D eigenvalue weighted by Crippen LogP contribution is 2.39. The molecule has 5 nitrogen and oxygen atoms in total. The molecule has 34 heavy (non-hydrogen) atoms. The highest BCUT2D eigenvalue weighted by Gasteiger charge is 2.30. The Kier molecular flexibility index (Phi) is 5.59. The maximum absolute atomic E-state index is 13.1.